The molecule has 0 unspecified atom stereocenters. The number of fused-ring (bicyclic) bond motifs is 2. The van der Waals surface area contributed by atoms with Gasteiger partial charge in [0, 0.05) is 17.4 Å². The van der Waals surface area contributed by atoms with Crippen LogP contribution in [0, 0.1) is 16.7 Å². The monoisotopic (exact) mass is 462 g/mol. The highest BCUT2D eigenvalue weighted by atomic mass is 16.6. The van der Waals surface area contributed by atoms with E-state index in [1.165, 1.54) is 0 Å². The standard InChI is InChI=1S/C25H34O8/c1-5-15(2)19(28)32-24-8-6-7-16-21(3)9-10-23(12-18(27)30-13-23)33-22(21,4)11-17(26)25(16,24)20(29)31-14-24/h5,16-17,26H,6-14H2,1-4H3/b15-5-/t16-,17+,21-,22+,23+,24-,25+/m1/s1. The highest BCUT2D eigenvalue weighted by Gasteiger charge is 2.81. The van der Waals surface area contributed by atoms with Gasteiger partial charge < -0.3 is 24.1 Å². The summed E-state index contributed by atoms with van der Waals surface area (Å²) in [6, 6.07) is 0. The van der Waals surface area contributed by atoms with Crippen LogP contribution in [0.2, 0.25) is 0 Å². The maximum absolute atomic E-state index is 13.5. The molecule has 1 N–H and O–H groups in total. The zero-order valence-corrected chi connectivity index (χ0v) is 19.9. The molecule has 3 saturated heterocycles. The predicted molar refractivity (Wildman–Crippen MR) is 115 cm³/mol. The molecule has 3 heterocycles. The van der Waals surface area contributed by atoms with Crippen LogP contribution in [0.25, 0.3) is 0 Å². The van der Waals surface area contributed by atoms with E-state index in [2.05, 4.69) is 6.92 Å². The summed E-state index contributed by atoms with van der Waals surface area (Å²) in [5.74, 6) is -1.52. The van der Waals surface area contributed by atoms with E-state index in [0.29, 0.717) is 31.3 Å². The lowest BCUT2D eigenvalue weighted by Gasteiger charge is -2.68. The molecule has 3 aliphatic heterocycles. The topological polar surface area (TPSA) is 108 Å². The van der Waals surface area contributed by atoms with Crippen LogP contribution in [0.5, 0.6) is 0 Å². The van der Waals surface area contributed by atoms with Crippen LogP contribution in [0.3, 0.4) is 0 Å². The normalized spacial score (nSPS) is 49.1. The van der Waals surface area contributed by atoms with Gasteiger partial charge in [-0.25, -0.2) is 4.79 Å². The summed E-state index contributed by atoms with van der Waals surface area (Å²) in [5, 5.41) is 11.7. The van der Waals surface area contributed by atoms with Crippen molar-refractivity contribution in [2.45, 2.75) is 95.5 Å². The van der Waals surface area contributed by atoms with E-state index in [4.69, 9.17) is 18.9 Å². The van der Waals surface area contributed by atoms with E-state index in [1.807, 2.05) is 6.92 Å². The molecule has 0 bridgehead atoms. The zero-order valence-electron chi connectivity index (χ0n) is 19.9. The number of esters is 3. The number of ether oxygens (including phenoxy) is 4. The van der Waals surface area contributed by atoms with Crippen molar-refractivity contribution in [3.05, 3.63) is 11.6 Å². The lowest BCUT2D eigenvalue weighted by molar-refractivity contribution is -0.324. The van der Waals surface area contributed by atoms with Gasteiger partial charge in [0.2, 0.25) is 0 Å². The molecule has 5 aliphatic rings. The summed E-state index contributed by atoms with van der Waals surface area (Å²) in [6.07, 6.45) is 4.22. The molecule has 7 atom stereocenters. The van der Waals surface area contributed by atoms with E-state index < -0.39 is 45.7 Å². The Morgan fingerprint density at radius 2 is 1.91 bits per heavy atom. The van der Waals surface area contributed by atoms with Crippen LogP contribution in [-0.2, 0) is 33.3 Å². The van der Waals surface area contributed by atoms with Crippen molar-refractivity contribution in [1.82, 2.24) is 0 Å². The number of hydrogen-bond acceptors (Lipinski definition) is 8. The average Bonchev–Trinajstić information content (AvgIpc) is 3.27. The number of allylic oxidation sites excluding steroid dienone is 1. The molecular formula is C25H34O8. The number of aliphatic hydroxyl groups excluding tert-OH is 1. The molecule has 182 valence electrons. The van der Waals surface area contributed by atoms with Crippen LogP contribution in [0.15, 0.2) is 11.6 Å². The Morgan fingerprint density at radius 1 is 1.15 bits per heavy atom. The summed E-state index contributed by atoms with van der Waals surface area (Å²) in [7, 11) is 0. The number of carbonyl (C=O) groups excluding carboxylic acids is 3. The van der Waals surface area contributed by atoms with Gasteiger partial charge in [-0.2, -0.15) is 0 Å². The van der Waals surface area contributed by atoms with Crippen molar-refractivity contribution in [3.63, 3.8) is 0 Å². The quantitative estimate of drug-likeness (QED) is 0.379. The first kappa shape index (κ1) is 22.8. The molecule has 0 amide bonds. The Bertz CT molecular complexity index is 943. The van der Waals surface area contributed by atoms with Gasteiger partial charge in [-0.1, -0.05) is 13.0 Å². The zero-order chi connectivity index (χ0) is 23.9. The smallest absolute Gasteiger partial charge is 0.334 e. The van der Waals surface area contributed by atoms with E-state index in [1.54, 1.807) is 19.9 Å². The summed E-state index contributed by atoms with van der Waals surface area (Å²) >= 11 is 0. The number of hydrogen-bond donors (Lipinski definition) is 1. The van der Waals surface area contributed by atoms with Gasteiger partial charge in [-0.3, -0.25) is 9.59 Å². The Morgan fingerprint density at radius 3 is 2.58 bits per heavy atom. The number of aliphatic hydroxyl groups is 1. The highest BCUT2D eigenvalue weighted by molar-refractivity contribution is 5.90. The Labute approximate surface area is 194 Å². The predicted octanol–water partition coefficient (Wildman–Crippen LogP) is 2.60. The maximum atomic E-state index is 13.5. The molecule has 8 nitrogen and oxygen atoms in total. The second-order valence-corrected chi connectivity index (χ2v) is 11.2. The van der Waals surface area contributed by atoms with Gasteiger partial charge in [0.05, 0.1) is 18.1 Å². The first-order valence-electron chi connectivity index (χ1n) is 12.0. The fourth-order valence-corrected chi connectivity index (χ4v) is 7.75. The van der Waals surface area contributed by atoms with E-state index in [9.17, 15) is 19.5 Å². The Balaban J connectivity index is 1.58. The SMILES string of the molecule is C/C=C(/C)C(=O)O[C@@]12CCC[C@H]3[C@@]1(C(=O)OC2)[C@@H](O)C[C@]1(C)O[C@]2(CC[C@]31C)COC(=O)C2. The number of cyclic esters (lactones) is 2. The van der Waals surface area contributed by atoms with Crippen molar-refractivity contribution in [2.24, 2.45) is 16.7 Å². The van der Waals surface area contributed by atoms with Gasteiger partial charge in [0.15, 0.2) is 5.60 Å². The van der Waals surface area contributed by atoms with Gasteiger partial charge in [-0.05, 0) is 58.8 Å². The molecule has 2 spiro atoms. The second kappa shape index (κ2) is 7.04. The van der Waals surface area contributed by atoms with Crippen molar-refractivity contribution < 1.29 is 38.4 Å². The van der Waals surface area contributed by atoms with Gasteiger partial charge in [0.1, 0.15) is 24.2 Å². The average molecular weight is 463 g/mol. The van der Waals surface area contributed by atoms with Crippen molar-refractivity contribution in [2.75, 3.05) is 13.2 Å². The van der Waals surface area contributed by atoms with Crippen LogP contribution in [-0.4, -0.2) is 59.1 Å². The van der Waals surface area contributed by atoms with Crippen molar-refractivity contribution in [1.29, 1.82) is 0 Å². The first-order valence-corrected chi connectivity index (χ1v) is 12.0. The van der Waals surface area contributed by atoms with Crippen LogP contribution < -0.4 is 0 Å². The van der Waals surface area contributed by atoms with Gasteiger partial charge in [0.25, 0.3) is 0 Å². The summed E-state index contributed by atoms with van der Waals surface area (Å²) in [5.41, 5.74) is -4.04. The summed E-state index contributed by atoms with van der Waals surface area (Å²) < 4.78 is 23.7. The third kappa shape index (κ3) is 2.74. The fraction of sp³-hybridized carbons (Fsp3) is 0.800. The molecular weight excluding hydrogens is 428 g/mol. The molecule has 5 rings (SSSR count). The molecule has 2 saturated carbocycles. The van der Waals surface area contributed by atoms with E-state index in [-0.39, 0.29) is 37.9 Å². The molecule has 5 fully saturated rings. The Hall–Kier alpha value is -1.93. The molecule has 0 aromatic rings. The lowest BCUT2D eigenvalue weighted by Crippen LogP contribution is -2.76. The molecule has 0 aromatic heterocycles. The van der Waals surface area contributed by atoms with Crippen LogP contribution >= 0.6 is 0 Å². The van der Waals surface area contributed by atoms with Crippen molar-refractivity contribution in [3.8, 4) is 0 Å². The fourth-order valence-electron chi connectivity index (χ4n) is 7.75. The van der Waals surface area contributed by atoms with Gasteiger partial charge in [-0.15, -0.1) is 0 Å². The van der Waals surface area contributed by atoms with E-state index >= 15 is 0 Å². The number of rotatable bonds is 2. The lowest BCUT2D eigenvalue weighted by atomic mass is 9.40. The first-order chi connectivity index (χ1) is 15.5. The molecule has 0 aromatic carbocycles. The van der Waals surface area contributed by atoms with Gasteiger partial charge >= 0.3 is 17.9 Å². The van der Waals surface area contributed by atoms with E-state index in [0.717, 1.165) is 6.42 Å². The van der Waals surface area contributed by atoms with Crippen LogP contribution in [0.1, 0.15) is 72.6 Å². The molecule has 8 heteroatoms. The summed E-state index contributed by atoms with van der Waals surface area (Å²) in [6.45, 7) is 7.73. The third-order valence-electron chi connectivity index (χ3n) is 9.78. The minimum Gasteiger partial charge on any atom is -0.463 e. The Kier molecular flexibility index (Phi) is 4.87. The third-order valence-corrected chi connectivity index (χ3v) is 9.78. The minimum atomic E-state index is -1.33. The van der Waals surface area contributed by atoms with Crippen LogP contribution in [0.4, 0.5) is 0 Å². The molecule has 0 radical (unpaired) electrons. The molecule has 33 heavy (non-hydrogen) atoms. The van der Waals surface area contributed by atoms with Crippen molar-refractivity contribution >= 4 is 17.9 Å². The maximum Gasteiger partial charge on any atom is 0.334 e. The second-order valence-electron chi connectivity index (χ2n) is 11.2. The molecule has 2 aliphatic carbocycles. The summed E-state index contributed by atoms with van der Waals surface area (Å²) in [4.78, 5) is 38.3. The highest BCUT2D eigenvalue weighted by Crippen LogP contribution is 2.71. The minimum absolute atomic E-state index is 0.0396. The number of carbonyl (C=O) groups is 3. The largest absolute Gasteiger partial charge is 0.463 e.